The van der Waals surface area contributed by atoms with Crippen LogP contribution in [0.15, 0.2) is 0 Å². The quantitative estimate of drug-likeness (QED) is 0.628. The van der Waals surface area contributed by atoms with Gasteiger partial charge in [0.2, 0.25) is 0 Å². The summed E-state index contributed by atoms with van der Waals surface area (Å²) >= 11 is 0. The third kappa shape index (κ3) is 10700. The first kappa shape index (κ1) is 24.2. The predicted octanol–water partition coefficient (Wildman–Crippen LogP) is 1.64. The summed E-state index contributed by atoms with van der Waals surface area (Å²) in [5, 5.41) is 14.6. The van der Waals surface area contributed by atoms with E-state index in [-0.39, 0.29) is 37.4 Å². The van der Waals surface area contributed by atoms with Crippen molar-refractivity contribution in [3.8, 4) is 12.1 Å². The molecule has 0 aliphatic heterocycles. The van der Waals surface area contributed by atoms with E-state index in [0.717, 1.165) is 0 Å². The van der Waals surface area contributed by atoms with Crippen molar-refractivity contribution in [1.82, 2.24) is 0 Å². The van der Waals surface area contributed by atoms with E-state index >= 15 is 0 Å². The maximum atomic E-state index is 7.32. The second-order valence-corrected chi connectivity index (χ2v) is 0.447. The van der Waals surface area contributed by atoms with Crippen molar-refractivity contribution in [2.75, 3.05) is 0 Å². The Morgan fingerprint density at radius 2 is 1.00 bits per heavy atom. The van der Waals surface area contributed by atoms with E-state index < -0.39 is 0 Å². The fraction of sp³-hybridized carbons (Fsp3) is 0.500. The van der Waals surface area contributed by atoms with Gasteiger partial charge in [0.05, 0.1) is 12.1 Å². The van der Waals surface area contributed by atoms with E-state index in [1.165, 1.54) is 13.8 Å². The molecule has 0 radical (unpaired) electrons. The summed E-state index contributed by atoms with van der Waals surface area (Å²) in [7, 11) is 0. The molecule has 0 bridgehead atoms. The minimum atomic E-state index is 0. The molecule has 0 rings (SSSR count). The molecule has 0 fully saturated rings. The van der Waals surface area contributed by atoms with E-state index in [4.69, 9.17) is 10.5 Å². The molecule has 4 heteroatoms. The molecule has 0 N–H and O–H groups in total. The van der Waals surface area contributed by atoms with Gasteiger partial charge in [-0.1, -0.05) is 0 Å². The fourth-order valence-electron chi connectivity index (χ4n) is 0. The summed E-state index contributed by atoms with van der Waals surface area (Å²) in [6, 6.07) is 3.50. The van der Waals surface area contributed by atoms with Crippen molar-refractivity contribution in [1.29, 1.82) is 10.5 Å². The summed E-state index contributed by atoms with van der Waals surface area (Å²) in [4.78, 5) is 0. The Balaban J connectivity index is -0.0000000160. The smallest absolute Gasteiger partial charge is 0.0587 e. The van der Waals surface area contributed by atoms with Crippen LogP contribution < -0.4 is 0 Å². The number of nitrogens with zero attached hydrogens (tertiary/aromatic N) is 2. The van der Waals surface area contributed by atoms with Gasteiger partial charge in [-0.3, -0.25) is 0 Å². The first-order valence-electron chi connectivity index (χ1n) is 1.45. The average molecular weight is 269 g/mol. The van der Waals surface area contributed by atoms with Gasteiger partial charge in [0.15, 0.2) is 0 Å². The maximum absolute atomic E-state index is 7.32. The molecule has 0 aliphatic rings. The summed E-state index contributed by atoms with van der Waals surface area (Å²) in [5.41, 5.74) is 0. The number of hydrogen-bond acceptors (Lipinski definition) is 2. The van der Waals surface area contributed by atoms with Gasteiger partial charge in [0.1, 0.15) is 0 Å². The van der Waals surface area contributed by atoms with Crippen molar-refractivity contribution >= 4 is 17.0 Å². The second-order valence-electron chi connectivity index (χ2n) is 0.447. The molecular formula is C4H7BrN2Pd. The topological polar surface area (TPSA) is 47.6 Å². The van der Waals surface area contributed by atoms with Crippen LogP contribution in [0.5, 0.6) is 0 Å². The first-order chi connectivity index (χ1) is 2.83. The Morgan fingerprint density at radius 1 is 1.00 bits per heavy atom. The number of halogens is 1. The SMILES string of the molecule is Br.CC#N.CC#N.[Pd]. The molecule has 2 nitrogen and oxygen atoms in total. The largest absolute Gasteiger partial charge is 0.199 e. The van der Waals surface area contributed by atoms with Gasteiger partial charge >= 0.3 is 0 Å². The van der Waals surface area contributed by atoms with E-state index in [2.05, 4.69) is 0 Å². The van der Waals surface area contributed by atoms with Gasteiger partial charge < -0.3 is 0 Å². The van der Waals surface area contributed by atoms with Crippen LogP contribution in [0.1, 0.15) is 13.8 Å². The first-order valence-corrected chi connectivity index (χ1v) is 1.45. The molecule has 0 unspecified atom stereocenters. The molecule has 0 aromatic heterocycles. The van der Waals surface area contributed by atoms with Crippen molar-refractivity contribution < 1.29 is 20.4 Å². The molecule has 0 atom stereocenters. The van der Waals surface area contributed by atoms with Gasteiger partial charge in [-0.25, -0.2) is 0 Å². The Morgan fingerprint density at radius 3 is 1.00 bits per heavy atom. The van der Waals surface area contributed by atoms with E-state index in [1.54, 1.807) is 12.1 Å². The van der Waals surface area contributed by atoms with Gasteiger partial charge in [0.25, 0.3) is 0 Å². The van der Waals surface area contributed by atoms with Crippen LogP contribution in [-0.2, 0) is 20.4 Å². The molecule has 0 amide bonds. The standard InChI is InChI=1S/2C2H3N.BrH.Pd/c2*1-2-3;;/h2*1H3;1H;. The van der Waals surface area contributed by atoms with Crippen molar-refractivity contribution in [3.05, 3.63) is 0 Å². The normalized spacial score (nSPS) is 2.00. The van der Waals surface area contributed by atoms with Crippen LogP contribution in [0.3, 0.4) is 0 Å². The third-order valence-corrected chi connectivity index (χ3v) is 0. The van der Waals surface area contributed by atoms with E-state index in [1.807, 2.05) is 0 Å². The molecule has 50 valence electrons. The Kier molecular flexibility index (Phi) is 180. The van der Waals surface area contributed by atoms with Gasteiger partial charge in [-0.2, -0.15) is 10.5 Å². The fourth-order valence-corrected chi connectivity index (χ4v) is 0. The molecule has 0 aliphatic carbocycles. The van der Waals surface area contributed by atoms with Crippen molar-refractivity contribution in [3.63, 3.8) is 0 Å². The van der Waals surface area contributed by atoms with E-state index in [0.29, 0.717) is 0 Å². The number of rotatable bonds is 0. The molecular weight excluding hydrogens is 262 g/mol. The van der Waals surface area contributed by atoms with Crippen LogP contribution in [0.2, 0.25) is 0 Å². The third-order valence-electron chi connectivity index (χ3n) is 0. The molecule has 0 aromatic rings. The Labute approximate surface area is 73.9 Å². The number of nitriles is 2. The Hall–Kier alpha value is 0.122. The summed E-state index contributed by atoms with van der Waals surface area (Å²) in [6.07, 6.45) is 0. The Bertz CT molecular complexity index is 69.0. The van der Waals surface area contributed by atoms with Crippen molar-refractivity contribution in [2.45, 2.75) is 13.8 Å². The second kappa shape index (κ2) is 59.3. The minimum absolute atomic E-state index is 0. The molecule has 0 aromatic carbocycles. The van der Waals surface area contributed by atoms with Crippen LogP contribution in [-0.4, -0.2) is 0 Å². The van der Waals surface area contributed by atoms with Gasteiger partial charge in [-0.05, 0) is 0 Å². The zero-order valence-corrected chi connectivity index (χ0v) is 7.89. The monoisotopic (exact) mass is 268 g/mol. The van der Waals surface area contributed by atoms with Gasteiger partial charge in [0, 0.05) is 34.3 Å². The van der Waals surface area contributed by atoms with Crippen LogP contribution in [0, 0.1) is 22.7 Å². The molecule has 0 heterocycles. The average Bonchev–Trinajstić information content (AvgIpc) is 1.39. The summed E-state index contributed by atoms with van der Waals surface area (Å²) in [6.45, 7) is 2.86. The zero-order chi connectivity index (χ0) is 5.41. The molecule has 0 saturated carbocycles. The van der Waals surface area contributed by atoms with Crippen LogP contribution in [0.25, 0.3) is 0 Å². The molecule has 0 saturated heterocycles. The molecule has 8 heavy (non-hydrogen) atoms. The summed E-state index contributed by atoms with van der Waals surface area (Å²) in [5.74, 6) is 0. The predicted molar refractivity (Wildman–Crippen MR) is 32.9 cm³/mol. The summed E-state index contributed by atoms with van der Waals surface area (Å²) < 4.78 is 0. The van der Waals surface area contributed by atoms with Crippen LogP contribution >= 0.6 is 17.0 Å². The van der Waals surface area contributed by atoms with E-state index in [9.17, 15) is 0 Å². The van der Waals surface area contributed by atoms with Crippen molar-refractivity contribution in [2.24, 2.45) is 0 Å². The van der Waals surface area contributed by atoms with Gasteiger partial charge in [-0.15, -0.1) is 17.0 Å². The zero-order valence-electron chi connectivity index (χ0n) is 4.62. The maximum Gasteiger partial charge on any atom is 0.0587 e. The minimum Gasteiger partial charge on any atom is -0.199 e. The molecule has 0 spiro atoms. The number of hydrogen-bond donors (Lipinski definition) is 0. The van der Waals surface area contributed by atoms with Crippen LogP contribution in [0.4, 0.5) is 0 Å².